The number of β-amino-alcohol motifs (C(OH)–C–C–N with tert-alkyl or cyclic N) is 1. The minimum Gasteiger partial charge on any atom is -0.455 e. The summed E-state index contributed by atoms with van der Waals surface area (Å²) in [5, 5.41) is 14.9. The SMILES string of the molecule is O=C1CC/C=C\CN(c2ccc3ccccc3c2)C(=O)[C@H]2N(CCO)C(=O)[C@@H]3[C@@H](C(=O)O[C@@H](c4ccccc4)CN1)[C@@H]1O[C@@]32C=C1Br. The van der Waals surface area contributed by atoms with Crippen LogP contribution in [0.15, 0.2) is 95.5 Å². The van der Waals surface area contributed by atoms with Gasteiger partial charge in [0.2, 0.25) is 11.8 Å². The molecular weight excluding hydrogens is 666 g/mol. The third-order valence-corrected chi connectivity index (χ3v) is 10.2. The lowest BCUT2D eigenvalue weighted by Gasteiger charge is -2.35. The molecule has 6 atom stereocenters. The van der Waals surface area contributed by atoms with E-state index in [0.29, 0.717) is 22.2 Å². The van der Waals surface area contributed by atoms with Gasteiger partial charge >= 0.3 is 5.97 Å². The van der Waals surface area contributed by atoms with Gasteiger partial charge in [-0.3, -0.25) is 19.2 Å². The Morgan fingerprint density at radius 2 is 1.70 bits per heavy atom. The van der Waals surface area contributed by atoms with Crippen LogP contribution in [0.2, 0.25) is 0 Å². The van der Waals surface area contributed by atoms with E-state index in [1.165, 1.54) is 4.90 Å². The van der Waals surface area contributed by atoms with E-state index in [0.717, 1.165) is 10.8 Å². The van der Waals surface area contributed by atoms with Gasteiger partial charge in [0.1, 0.15) is 29.8 Å². The fourth-order valence-electron chi connectivity index (χ4n) is 7.35. The molecule has 0 aromatic heterocycles. The Morgan fingerprint density at radius 3 is 2.49 bits per heavy atom. The minimum atomic E-state index is -1.47. The van der Waals surface area contributed by atoms with Crippen molar-refractivity contribution in [3.63, 3.8) is 0 Å². The summed E-state index contributed by atoms with van der Waals surface area (Å²) in [6.07, 6.45) is 4.39. The van der Waals surface area contributed by atoms with Gasteiger partial charge in [-0.1, -0.05) is 88.7 Å². The molecule has 47 heavy (non-hydrogen) atoms. The maximum Gasteiger partial charge on any atom is 0.313 e. The molecule has 4 aliphatic heterocycles. The van der Waals surface area contributed by atoms with Gasteiger partial charge in [-0.2, -0.15) is 0 Å². The molecular formula is C36H34BrN3O7. The van der Waals surface area contributed by atoms with Crippen LogP contribution in [-0.4, -0.2) is 77.7 Å². The maximum atomic E-state index is 14.9. The van der Waals surface area contributed by atoms with Gasteiger partial charge < -0.3 is 29.7 Å². The molecule has 3 amide bonds. The molecule has 0 radical (unpaired) electrons. The Kier molecular flexibility index (Phi) is 8.46. The van der Waals surface area contributed by atoms with Gasteiger partial charge in [-0.25, -0.2) is 0 Å². The molecule has 0 saturated carbocycles. The number of rotatable bonds is 4. The summed E-state index contributed by atoms with van der Waals surface area (Å²) in [6, 6.07) is 21.5. The summed E-state index contributed by atoms with van der Waals surface area (Å²) in [5.74, 6) is -3.87. The van der Waals surface area contributed by atoms with Crippen LogP contribution in [0.3, 0.4) is 0 Å². The van der Waals surface area contributed by atoms with Crippen LogP contribution >= 0.6 is 15.9 Å². The van der Waals surface area contributed by atoms with Crippen molar-refractivity contribution in [3.8, 4) is 0 Å². The van der Waals surface area contributed by atoms with Gasteiger partial charge in [0.15, 0.2) is 0 Å². The molecule has 1 spiro atoms. The number of likely N-dealkylation sites (tertiary alicyclic amines) is 1. The van der Waals surface area contributed by atoms with E-state index in [1.54, 1.807) is 11.0 Å². The molecule has 3 aromatic rings. The van der Waals surface area contributed by atoms with Gasteiger partial charge in [-0.15, -0.1) is 0 Å². The number of nitrogens with one attached hydrogen (secondary N) is 1. The van der Waals surface area contributed by atoms with Crippen molar-refractivity contribution in [2.75, 3.05) is 31.1 Å². The van der Waals surface area contributed by atoms with Crippen molar-refractivity contribution in [2.45, 2.75) is 36.7 Å². The van der Waals surface area contributed by atoms with Crippen LogP contribution in [0.5, 0.6) is 0 Å². The maximum absolute atomic E-state index is 14.9. The largest absolute Gasteiger partial charge is 0.455 e. The summed E-state index contributed by atoms with van der Waals surface area (Å²) in [4.78, 5) is 59.0. The highest BCUT2D eigenvalue weighted by atomic mass is 79.9. The second-order valence-electron chi connectivity index (χ2n) is 12.2. The van der Waals surface area contributed by atoms with Crippen LogP contribution < -0.4 is 10.2 Å². The average Bonchev–Trinajstić information content (AvgIpc) is 3.67. The normalized spacial score (nSPS) is 30.3. The number of cyclic esters (lactones) is 1. The predicted molar refractivity (Wildman–Crippen MR) is 177 cm³/mol. The highest BCUT2D eigenvalue weighted by molar-refractivity contribution is 9.11. The van der Waals surface area contributed by atoms with E-state index < -0.39 is 53.5 Å². The predicted octanol–water partition coefficient (Wildman–Crippen LogP) is 3.79. The van der Waals surface area contributed by atoms with E-state index >= 15 is 0 Å². The monoisotopic (exact) mass is 699 g/mol. The molecule has 3 aromatic carbocycles. The van der Waals surface area contributed by atoms with Crippen molar-refractivity contribution in [2.24, 2.45) is 11.8 Å². The number of halogens is 1. The lowest BCUT2D eigenvalue weighted by atomic mass is 9.74. The number of esters is 1. The number of aliphatic hydroxyl groups excluding tert-OH is 1. The van der Waals surface area contributed by atoms with Crippen molar-refractivity contribution in [3.05, 3.63) is 101 Å². The Balaban J connectivity index is 1.33. The van der Waals surface area contributed by atoms with Crippen LogP contribution in [0.1, 0.15) is 24.5 Å². The van der Waals surface area contributed by atoms with Crippen LogP contribution in [0.4, 0.5) is 5.69 Å². The van der Waals surface area contributed by atoms with E-state index in [4.69, 9.17) is 9.47 Å². The van der Waals surface area contributed by atoms with Gasteiger partial charge in [0.25, 0.3) is 5.91 Å². The first-order chi connectivity index (χ1) is 22.8. The summed E-state index contributed by atoms with van der Waals surface area (Å²) >= 11 is 3.57. The van der Waals surface area contributed by atoms with Crippen LogP contribution in [0, 0.1) is 11.8 Å². The molecule has 10 nitrogen and oxygen atoms in total. The van der Waals surface area contributed by atoms with Crippen molar-refractivity contribution < 1.29 is 33.8 Å². The highest BCUT2D eigenvalue weighted by Crippen LogP contribution is 2.59. The number of amides is 3. The van der Waals surface area contributed by atoms with E-state index in [-0.39, 0.29) is 38.6 Å². The topological polar surface area (TPSA) is 125 Å². The number of aliphatic hydroxyl groups is 1. The fraction of sp³-hybridized carbons (Fsp3) is 0.333. The first-order valence-corrected chi connectivity index (χ1v) is 16.6. The fourth-order valence-corrected chi connectivity index (χ4v) is 8.09. The minimum absolute atomic E-state index is 0.0464. The number of allylic oxidation sites excluding steroid dienone is 1. The van der Waals surface area contributed by atoms with E-state index in [2.05, 4.69) is 21.2 Å². The number of fused-ring (bicyclic) bond motifs is 3. The Labute approximate surface area is 280 Å². The zero-order chi connectivity index (χ0) is 32.7. The third-order valence-electron chi connectivity index (χ3n) is 9.49. The lowest BCUT2D eigenvalue weighted by Crippen LogP contribution is -2.56. The molecule has 2 N–H and O–H groups in total. The van der Waals surface area contributed by atoms with Crippen LogP contribution in [-0.2, 0) is 28.7 Å². The zero-order valence-corrected chi connectivity index (χ0v) is 27.0. The number of carbonyl (C=O) groups excluding carboxylic acids is 4. The van der Waals surface area contributed by atoms with E-state index in [1.807, 2.05) is 84.9 Å². The van der Waals surface area contributed by atoms with Crippen LogP contribution in [0.25, 0.3) is 10.8 Å². The molecule has 4 aliphatic rings. The average molecular weight is 701 g/mol. The third kappa shape index (κ3) is 5.46. The number of carbonyl (C=O) groups is 4. The quantitative estimate of drug-likeness (QED) is 0.314. The number of ether oxygens (including phenoxy) is 2. The first-order valence-electron chi connectivity index (χ1n) is 15.8. The summed E-state index contributed by atoms with van der Waals surface area (Å²) in [7, 11) is 0. The smallest absolute Gasteiger partial charge is 0.313 e. The highest BCUT2D eigenvalue weighted by Gasteiger charge is 2.75. The Hall–Kier alpha value is -4.32. The van der Waals surface area contributed by atoms with Gasteiger partial charge in [-0.05, 0) is 41.0 Å². The van der Waals surface area contributed by atoms with E-state index in [9.17, 15) is 24.3 Å². The van der Waals surface area contributed by atoms with Gasteiger partial charge in [0.05, 0.1) is 19.1 Å². The molecule has 7 rings (SSSR count). The van der Waals surface area contributed by atoms with Crippen molar-refractivity contribution >= 4 is 56.1 Å². The number of hydrogen-bond acceptors (Lipinski definition) is 7. The van der Waals surface area contributed by atoms with Crippen molar-refractivity contribution in [1.29, 1.82) is 0 Å². The summed E-state index contributed by atoms with van der Waals surface area (Å²) < 4.78 is 13.2. The molecule has 2 saturated heterocycles. The number of anilines is 1. The standard InChI is InChI=1S/C36H34BrN3O7/c37-26-20-36-30-29(31(26)47-36)35(45)46-27(23-10-3-1-4-11-23)21-38-28(42)13-5-2-8-16-39(34(44)32(36)40(17-18-41)33(30)43)25-15-14-22-9-6-7-12-24(22)19-25/h1-4,6-12,14-15,19-20,27,29-32,41H,5,13,16-18,21H2,(H,38,42)/b8-2-/t27-,29-,30+,31-,32-,36+/m1/s1. The zero-order valence-electron chi connectivity index (χ0n) is 25.5. The Bertz CT molecular complexity index is 1800. The molecule has 5 bridgehead atoms. The van der Waals surface area contributed by atoms with Crippen molar-refractivity contribution in [1.82, 2.24) is 10.2 Å². The number of nitrogens with zero attached hydrogens (tertiary/aromatic N) is 2. The summed E-state index contributed by atoms with van der Waals surface area (Å²) in [6.45, 7) is -0.292. The molecule has 0 aliphatic carbocycles. The molecule has 2 fully saturated rings. The second kappa shape index (κ2) is 12.7. The second-order valence-corrected chi connectivity index (χ2v) is 13.1. The summed E-state index contributed by atoms with van der Waals surface area (Å²) in [5.41, 5.74) is -0.173. The van der Waals surface area contributed by atoms with Gasteiger partial charge in [0, 0.05) is 29.7 Å². The first kappa shape index (κ1) is 31.3. The Morgan fingerprint density at radius 1 is 0.936 bits per heavy atom. The molecule has 0 unspecified atom stereocenters. The number of benzene rings is 3. The molecule has 242 valence electrons. The molecule has 4 heterocycles. The number of hydrogen-bond donors (Lipinski definition) is 2. The molecule has 11 heteroatoms. The lowest BCUT2D eigenvalue weighted by molar-refractivity contribution is -0.159.